The minimum atomic E-state index is -0.920. The van der Waals surface area contributed by atoms with Crippen LogP contribution in [0, 0.1) is 0 Å². The Labute approximate surface area is 111 Å². The van der Waals surface area contributed by atoms with E-state index in [9.17, 15) is 4.79 Å². The third-order valence-electron chi connectivity index (χ3n) is 3.46. The lowest BCUT2D eigenvalue weighted by atomic mass is 10.2. The van der Waals surface area contributed by atoms with Crippen molar-refractivity contribution in [1.29, 1.82) is 0 Å². The van der Waals surface area contributed by atoms with Crippen molar-refractivity contribution in [2.75, 3.05) is 0 Å². The summed E-state index contributed by atoms with van der Waals surface area (Å²) in [6.07, 6.45) is 1.76. The van der Waals surface area contributed by atoms with Crippen LogP contribution in [-0.4, -0.2) is 16.1 Å². The summed E-state index contributed by atoms with van der Waals surface area (Å²) in [4.78, 5) is 13.9. The number of carboxylic acids is 1. The Hall–Kier alpha value is -2.07. The number of aryl methyl sites for hydroxylation is 1. The fraction of sp³-hybridized carbons (Fsp3) is 0.267. The molecule has 1 unspecified atom stereocenters. The normalized spacial score (nSPS) is 17.4. The number of rotatable bonds is 4. The maximum atomic E-state index is 10.9. The van der Waals surface area contributed by atoms with E-state index in [1.165, 1.54) is 0 Å². The van der Waals surface area contributed by atoms with Crippen LogP contribution in [0.15, 0.2) is 36.4 Å². The molecule has 0 radical (unpaired) electrons. The minimum absolute atomic E-state index is 0.000411. The van der Waals surface area contributed by atoms with Crippen LogP contribution >= 0.6 is 0 Å². The molecule has 1 atom stereocenters. The summed E-state index contributed by atoms with van der Waals surface area (Å²) in [7, 11) is 0. The maximum absolute atomic E-state index is 10.9. The second-order valence-corrected chi connectivity index (χ2v) is 4.75. The number of fused-ring (bicyclic) bond motifs is 1. The maximum Gasteiger partial charge on any atom is 0.352 e. The molecule has 0 bridgehead atoms. The van der Waals surface area contributed by atoms with Crippen LogP contribution in [-0.2, 0) is 17.8 Å². The third-order valence-corrected chi connectivity index (χ3v) is 3.46. The van der Waals surface area contributed by atoms with Crippen molar-refractivity contribution in [2.45, 2.75) is 25.6 Å². The SMILES string of the molecule is O=C(O)c1cc2c([nH]1)CCC2OCc1ccccc1. The molecule has 4 nitrogen and oxygen atoms in total. The number of aromatic nitrogens is 1. The number of aromatic amines is 1. The Balaban J connectivity index is 1.70. The number of nitrogens with one attached hydrogen (secondary N) is 1. The zero-order chi connectivity index (χ0) is 13.2. The Morgan fingerprint density at radius 1 is 1.37 bits per heavy atom. The predicted molar refractivity (Wildman–Crippen MR) is 70.0 cm³/mol. The minimum Gasteiger partial charge on any atom is -0.477 e. The van der Waals surface area contributed by atoms with E-state index in [0.29, 0.717) is 6.61 Å². The molecule has 98 valence electrons. The Kier molecular flexibility index (Phi) is 3.09. The molecular weight excluding hydrogens is 242 g/mol. The number of carboxylic acid groups (broad SMARTS) is 1. The molecule has 1 aliphatic carbocycles. The van der Waals surface area contributed by atoms with E-state index >= 15 is 0 Å². The van der Waals surface area contributed by atoms with E-state index in [2.05, 4.69) is 4.98 Å². The molecular formula is C15H15NO3. The van der Waals surface area contributed by atoms with Gasteiger partial charge in [0.25, 0.3) is 0 Å². The van der Waals surface area contributed by atoms with Gasteiger partial charge in [0.05, 0.1) is 12.7 Å². The number of H-pyrrole nitrogens is 1. The highest BCUT2D eigenvalue weighted by atomic mass is 16.5. The largest absolute Gasteiger partial charge is 0.477 e. The third kappa shape index (κ3) is 2.39. The summed E-state index contributed by atoms with van der Waals surface area (Å²) in [5.41, 5.74) is 3.37. The highest BCUT2D eigenvalue weighted by molar-refractivity contribution is 5.86. The Morgan fingerprint density at radius 2 is 2.16 bits per heavy atom. The molecule has 0 amide bonds. The Morgan fingerprint density at radius 3 is 2.89 bits per heavy atom. The van der Waals surface area contributed by atoms with E-state index in [4.69, 9.17) is 9.84 Å². The van der Waals surface area contributed by atoms with Crippen molar-refractivity contribution >= 4 is 5.97 Å². The number of hydrogen-bond acceptors (Lipinski definition) is 2. The summed E-state index contributed by atoms with van der Waals surface area (Å²) in [5, 5.41) is 8.96. The second kappa shape index (κ2) is 4.90. The van der Waals surface area contributed by atoms with Crippen LogP contribution < -0.4 is 0 Å². The van der Waals surface area contributed by atoms with Crippen molar-refractivity contribution in [1.82, 2.24) is 4.98 Å². The van der Waals surface area contributed by atoms with Gasteiger partial charge in [-0.15, -0.1) is 0 Å². The predicted octanol–water partition coefficient (Wildman–Crippen LogP) is 2.92. The van der Waals surface area contributed by atoms with Crippen LogP contribution in [0.3, 0.4) is 0 Å². The molecule has 1 aromatic heterocycles. The lowest BCUT2D eigenvalue weighted by Crippen LogP contribution is -2.01. The fourth-order valence-electron chi connectivity index (χ4n) is 2.50. The summed E-state index contributed by atoms with van der Waals surface area (Å²) >= 11 is 0. The van der Waals surface area contributed by atoms with Crippen molar-refractivity contribution in [2.24, 2.45) is 0 Å². The van der Waals surface area contributed by atoms with Gasteiger partial charge in [0.2, 0.25) is 0 Å². The van der Waals surface area contributed by atoms with Crippen LogP contribution in [0.5, 0.6) is 0 Å². The van der Waals surface area contributed by atoms with E-state index in [1.807, 2.05) is 30.3 Å². The van der Waals surface area contributed by atoms with Crippen LogP contribution in [0.25, 0.3) is 0 Å². The van der Waals surface area contributed by atoms with Crippen molar-refractivity contribution in [3.05, 3.63) is 58.9 Å². The van der Waals surface area contributed by atoms with Gasteiger partial charge < -0.3 is 14.8 Å². The van der Waals surface area contributed by atoms with Gasteiger partial charge in [-0.05, 0) is 24.5 Å². The number of ether oxygens (including phenoxy) is 1. The molecule has 4 heteroatoms. The number of carbonyl (C=O) groups is 1. The molecule has 1 heterocycles. The molecule has 1 aliphatic rings. The Bertz CT molecular complexity index is 589. The average Bonchev–Trinajstić information content (AvgIpc) is 2.98. The van der Waals surface area contributed by atoms with E-state index in [-0.39, 0.29) is 11.8 Å². The molecule has 0 fully saturated rings. The van der Waals surface area contributed by atoms with E-state index < -0.39 is 5.97 Å². The summed E-state index contributed by atoms with van der Waals surface area (Å²) in [6.45, 7) is 0.554. The van der Waals surface area contributed by atoms with Gasteiger partial charge in [0.15, 0.2) is 0 Å². The fourth-order valence-corrected chi connectivity index (χ4v) is 2.50. The molecule has 0 saturated carbocycles. The lowest BCUT2D eigenvalue weighted by molar-refractivity contribution is 0.0410. The van der Waals surface area contributed by atoms with Gasteiger partial charge in [-0.1, -0.05) is 30.3 Å². The first-order valence-electron chi connectivity index (χ1n) is 6.34. The molecule has 0 aliphatic heterocycles. The van der Waals surface area contributed by atoms with Gasteiger partial charge in [0, 0.05) is 11.3 Å². The van der Waals surface area contributed by atoms with Gasteiger partial charge in [-0.25, -0.2) is 4.79 Å². The molecule has 0 spiro atoms. The van der Waals surface area contributed by atoms with Crippen LogP contribution in [0.1, 0.15) is 39.8 Å². The second-order valence-electron chi connectivity index (χ2n) is 4.75. The van der Waals surface area contributed by atoms with Gasteiger partial charge in [-0.3, -0.25) is 0 Å². The van der Waals surface area contributed by atoms with Crippen molar-refractivity contribution in [3.63, 3.8) is 0 Å². The molecule has 2 N–H and O–H groups in total. The summed E-state index contributed by atoms with van der Waals surface area (Å²) < 4.78 is 5.90. The lowest BCUT2D eigenvalue weighted by Gasteiger charge is -2.11. The zero-order valence-electron chi connectivity index (χ0n) is 10.4. The number of hydrogen-bond donors (Lipinski definition) is 2. The van der Waals surface area contributed by atoms with Gasteiger partial charge in [-0.2, -0.15) is 0 Å². The summed E-state index contributed by atoms with van der Waals surface area (Å²) in [5.74, 6) is -0.920. The first-order chi connectivity index (χ1) is 9.24. The quantitative estimate of drug-likeness (QED) is 0.885. The molecule has 1 aromatic carbocycles. The average molecular weight is 257 g/mol. The number of aromatic carboxylic acids is 1. The standard InChI is InChI=1S/C15H15NO3/c17-15(18)13-8-11-12(16-13)6-7-14(11)19-9-10-4-2-1-3-5-10/h1-5,8,14,16H,6-7,9H2,(H,17,18). The molecule has 3 rings (SSSR count). The monoisotopic (exact) mass is 257 g/mol. The highest BCUT2D eigenvalue weighted by Crippen LogP contribution is 2.35. The smallest absolute Gasteiger partial charge is 0.352 e. The van der Waals surface area contributed by atoms with Gasteiger partial charge in [0.1, 0.15) is 5.69 Å². The first kappa shape index (κ1) is 12.0. The van der Waals surface area contributed by atoms with E-state index in [1.54, 1.807) is 6.07 Å². The zero-order valence-corrected chi connectivity index (χ0v) is 10.4. The van der Waals surface area contributed by atoms with Gasteiger partial charge >= 0.3 is 5.97 Å². The number of benzene rings is 1. The highest BCUT2D eigenvalue weighted by Gasteiger charge is 2.26. The van der Waals surface area contributed by atoms with Crippen LogP contribution in [0.4, 0.5) is 0 Å². The van der Waals surface area contributed by atoms with Crippen molar-refractivity contribution < 1.29 is 14.6 Å². The summed E-state index contributed by atoms with van der Waals surface area (Å²) in [6, 6.07) is 11.7. The first-order valence-corrected chi connectivity index (χ1v) is 6.34. The molecule has 0 saturated heterocycles. The molecule has 19 heavy (non-hydrogen) atoms. The van der Waals surface area contributed by atoms with Crippen molar-refractivity contribution in [3.8, 4) is 0 Å². The van der Waals surface area contributed by atoms with Crippen LogP contribution in [0.2, 0.25) is 0 Å². The molecule has 2 aromatic rings. The topological polar surface area (TPSA) is 62.3 Å². The van der Waals surface area contributed by atoms with E-state index in [0.717, 1.165) is 29.7 Å².